The summed E-state index contributed by atoms with van der Waals surface area (Å²) in [6, 6.07) is 20.7. The summed E-state index contributed by atoms with van der Waals surface area (Å²) in [4.78, 5) is 6.23. The first-order valence-electron chi connectivity index (χ1n) is 11.7. The Bertz CT molecular complexity index is 1600. The van der Waals surface area contributed by atoms with Gasteiger partial charge in [-0.25, -0.2) is 4.98 Å². The fraction of sp³-hybridized carbons (Fsp3) is 0.185. The van der Waals surface area contributed by atoms with Crippen LogP contribution in [0.1, 0.15) is 34.0 Å². The summed E-state index contributed by atoms with van der Waals surface area (Å²) in [5.74, 6) is 1.32. The minimum Gasteiger partial charge on any atom is -0.497 e. The van der Waals surface area contributed by atoms with E-state index in [9.17, 15) is 5.11 Å². The lowest BCUT2D eigenvalue weighted by molar-refractivity contribution is 0.117. The Hall–Kier alpha value is -4.21. The molecule has 3 aromatic carbocycles. The molecule has 10 heteroatoms. The van der Waals surface area contributed by atoms with Crippen LogP contribution in [0.15, 0.2) is 79.3 Å². The zero-order valence-electron chi connectivity index (χ0n) is 20.4. The lowest BCUT2D eigenvalue weighted by Crippen LogP contribution is -2.33. The molecule has 0 saturated carbocycles. The first-order chi connectivity index (χ1) is 17.9. The molecular weight excluding hydrogens is 490 g/mol. The lowest BCUT2D eigenvalue weighted by atomic mass is 9.81. The second-order valence-corrected chi connectivity index (χ2v) is 9.48. The van der Waals surface area contributed by atoms with E-state index in [0.29, 0.717) is 33.5 Å². The molecule has 0 bridgehead atoms. The van der Waals surface area contributed by atoms with E-state index in [1.165, 1.54) is 0 Å². The molecule has 9 nitrogen and oxygen atoms in total. The van der Waals surface area contributed by atoms with Gasteiger partial charge in [-0.2, -0.15) is 4.68 Å². The predicted molar refractivity (Wildman–Crippen MR) is 139 cm³/mol. The molecule has 0 saturated heterocycles. The average Bonchev–Trinajstić information content (AvgIpc) is 3.58. The average molecular weight is 514 g/mol. The number of hydrogen-bond donors (Lipinski definition) is 1. The highest BCUT2D eigenvalue weighted by atomic mass is 35.5. The maximum Gasteiger partial charge on any atom is 0.250 e. The number of imidazole rings is 1. The van der Waals surface area contributed by atoms with E-state index in [4.69, 9.17) is 16.3 Å². The molecule has 186 valence electrons. The Morgan fingerprint density at radius 3 is 2.49 bits per heavy atom. The summed E-state index contributed by atoms with van der Waals surface area (Å²) in [6.45, 7) is 0. The number of rotatable bonds is 5. The van der Waals surface area contributed by atoms with Crippen molar-refractivity contribution in [2.45, 2.75) is 11.6 Å². The number of anilines is 2. The number of fused-ring (bicyclic) bond motifs is 2. The van der Waals surface area contributed by atoms with E-state index in [-0.39, 0.29) is 6.04 Å². The van der Waals surface area contributed by atoms with Crippen LogP contribution < -0.4 is 9.64 Å². The van der Waals surface area contributed by atoms with Crippen LogP contribution >= 0.6 is 11.6 Å². The highest BCUT2D eigenvalue weighted by Crippen LogP contribution is 2.45. The van der Waals surface area contributed by atoms with Gasteiger partial charge in [-0.15, -0.1) is 0 Å². The van der Waals surface area contributed by atoms with Crippen LogP contribution in [0.5, 0.6) is 5.75 Å². The smallest absolute Gasteiger partial charge is 0.250 e. The lowest BCUT2D eigenvalue weighted by Gasteiger charge is -2.35. The molecule has 0 fully saturated rings. The van der Waals surface area contributed by atoms with Crippen LogP contribution in [0, 0.1) is 0 Å². The molecular formula is C27H24ClN7O2. The number of aliphatic hydroxyl groups is 1. The monoisotopic (exact) mass is 513 g/mol. The van der Waals surface area contributed by atoms with Crippen molar-refractivity contribution >= 4 is 23.2 Å². The fourth-order valence-corrected chi connectivity index (χ4v) is 5.32. The molecule has 0 aliphatic carbocycles. The number of halogens is 1. The molecule has 1 aliphatic rings. The van der Waals surface area contributed by atoms with Crippen LogP contribution in [0.2, 0.25) is 5.02 Å². The molecule has 0 spiro atoms. The van der Waals surface area contributed by atoms with E-state index in [1.807, 2.05) is 90.3 Å². The standard InChI is InChI=1S/C27H24ClN7O2/c1-33-16-29-15-24(33)27(36,18-7-10-21(37-3)11-8-18)19-9-12-23-22(14-19)25(17-5-4-6-20(28)13-17)35-26(34(23)2)30-31-32-35/h4-16,25,36H,1-3H3. The maximum atomic E-state index is 12.5. The van der Waals surface area contributed by atoms with Crippen LogP contribution in [-0.4, -0.2) is 49.0 Å². The van der Waals surface area contributed by atoms with Gasteiger partial charge in [-0.05, 0) is 63.5 Å². The Morgan fingerprint density at radius 2 is 1.78 bits per heavy atom. The van der Waals surface area contributed by atoms with Crippen molar-refractivity contribution < 1.29 is 9.84 Å². The molecule has 0 radical (unpaired) electrons. The van der Waals surface area contributed by atoms with Gasteiger partial charge in [0.15, 0.2) is 5.60 Å². The SMILES string of the molecule is COc1ccc(C(O)(c2ccc3c(c2)C(c2cccc(Cl)c2)n2nnnc2N3C)c2cncn2C)cc1. The molecule has 1 N–H and O–H groups in total. The highest BCUT2D eigenvalue weighted by molar-refractivity contribution is 6.30. The maximum absolute atomic E-state index is 12.5. The Morgan fingerprint density at radius 1 is 1.00 bits per heavy atom. The highest BCUT2D eigenvalue weighted by Gasteiger charge is 2.39. The topological polar surface area (TPSA) is 94.1 Å². The van der Waals surface area contributed by atoms with Gasteiger partial charge in [-0.3, -0.25) is 0 Å². The van der Waals surface area contributed by atoms with Crippen LogP contribution in [-0.2, 0) is 12.6 Å². The minimum absolute atomic E-state index is 0.346. The summed E-state index contributed by atoms with van der Waals surface area (Å²) < 4.78 is 8.94. The quantitative estimate of drug-likeness (QED) is 0.378. The Balaban J connectivity index is 1.59. The number of nitrogens with zero attached hydrogens (tertiary/aromatic N) is 7. The number of aryl methyl sites for hydroxylation is 1. The van der Waals surface area contributed by atoms with Crippen molar-refractivity contribution in [3.05, 3.63) is 112 Å². The van der Waals surface area contributed by atoms with Gasteiger partial charge in [0.1, 0.15) is 11.8 Å². The van der Waals surface area contributed by atoms with Gasteiger partial charge >= 0.3 is 0 Å². The van der Waals surface area contributed by atoms with Crippen molar-refractivity contribution in [3.8, 4) is 5.75 Å². The summed E-state index contributed by atoms with van der Waals surface area (Å²) >= 11 is 6.38. The number of ether oxygens (including phenoxy) is 1. The number of methoxy groups -OCH3 is 1. The van der Waals surface area contributed by atoms with Crippen molar-refractivity contribution in [2.24, 2.45) is 7.05 Å². The normalized spacial score (nSPS) is 16.1. The molecule has 5 aromatic rings. The van der Waals surface area contributed by atoms with Crippen LogP contribution in [0.4, 0.5) is 11.6 Å². The van der Waals surface area contributed by atoms with Gasteiger partial charge in [0.05, 0.1) is 25.3 Å². The van der Waals surface area contributed by atoms with Crippen molar-refractivity contribution in [1.29, 1.82) is 0 Å². The molecule has 6 rings (SSSR count). The van der Waals surface area contributed by atoms with Gasteiger partial charge in [0, 0.05) is 30.4 Å². The number of aromatic nitrogens is 6. The van der Waals surface area contributed by atoms with E-state index in [2.05, 4.69) is 20.5 Å². The number of tetrazole rings is 1. The van der Waals surface area contributed by atoms with Crippen molar-refractivity contribution in [2.75, 3.05) is 19.1 Å². The van der Waals surface area contributed by atoms with Gasteiger partial charge < -0.3 is 19.3 Å². The summed E-state index contributed by atoms with van der Waals surface area (Å²) in [5.41, 5.74) is 3.28. The first-order valence-corrected chi connectivity index (χ1v) is 12.0. The first kappa shape index (κ1) is 23.2. The largest absolute Gasteiger partial charge is 0.497 e. The second-order valence-electron chi connectivity index (χ2n) is 9.04. The molecule has 2 atom stereocenters. The number of benzene rings is 3. The Labute approximate surface area is 218 Å². The summed E-state index contributed by atoms with van der Waals surface area (Å²) in [6.07, 6.45) is 3.36. The molecule has 37 heavy (non-hydrogen) atoms. The third-order valence-corrected chi connectivity index (χ3v) is 7.22. The van der Waals surface area contributed by atoms with Gasteiger partial charge in [0.25, 0.3) is 5.95 Å². The third kappa shape index (κ3) is 3.58. The fourth-order valence-electron chi connectivity index (χ4n) is 5.12. The Kier molecular flexibility index (Phi) is 5.47. The zero-order valence-corrected chi connectivity index (χ0v) is 21.2. The van der Waals surface area contributed by atoms with E-state index < -0.39 is 5.60 Å². The summed E-state index contributed by atoms with van der Waals surface area (Å²) in [7, 11) is 5.41. The zero-order chi connectivity index (χ0) is 25.7. The third-order valence-electron chi connectivity index (χ3n) is 6.98. The van der Waals surface area contributed by atoms with Gasteiger partial charge in [0.2, 0.25) is 0 Å². The molecule has 0 amide bonds. The van der Waals surface area contributed by atoms with Gasteiger partial charge in [-0.1, -0.05) is 47.0 Å². The van der Waals surface area contributed by atoms with Crippen LogP contribution in [0.25, 0.3) is 0 Å². The number of hydrogen-bond acceptors (Lipinski definition) is 7. The molecule has 3 heterocycles. The minimum atomic E-state index is -1.50. The van der Waals surface area contributed by atoms with E-state index >= 15 is 0 Å². The predicted octanol–water partition coefficient (Wildman–Crippen LogP) is 4.07. The van der Waals surface area contributed by atoms with E-state index in [0.717, 1.165) is 16.8 Å². The molecule has 2 aromatic heterocycles. The second kappa shape index (κ2) is 8.72. The van der Waals surface area contributed by atoms with Crippen LogP contribution in [0.3, 0.4) is 0 Å². The van der Waals surface area contributed by atoms with Crippen molar-refractivity contribution in [3.63, 3.8) is 0 Å². The van der Waals surface area contributed by atoms with E-state index in [1.54, 1.807) is 24.3 Å². The molecule has 2 unspecified atom stereocenters. The van der Waals surface area contributed by atoms with Crippen molar-refractivity contribution in [1.82, 2.24) is 29.8 Å². The molecule has 1 aliphatic heterocycles. The summed E-state index contributed by atoms with van der Waals surface area (Å²) in [5, 5.41) is 25.6.